The molecule has 0 amide bonds. The SMILES string of the molecule is Fc1ccc2n[nH]c(F)c2c1Br. The minimum absolute atomic E-state index is 0.103. The van der Waals surface area contributed by atoms with Gasteiger partial charge >= 0.3 is 0 Å². The third-order valence-corrected chi connectivity index (χ3v) is 2.34. The highest BCUT2D eigenvalue weighted by atomic mass is 79.9. The number of rotatable bonds is 0. The summed E-state index contributed by atoms with van der Waals surface area (Å²) in [7, 11) is 0. The molecule has 2 nitrogen and oxygen atoms in total. The number of aromatic amines is 1. The van der Waals surface area contributed by atoms with E-state index in [-0.39, 0.29) is 9.86 Å². The first-order chi connectivity index (χ1) is 5.70. The monoisotopic (exact) mass is 232 g/mol. The Morgan fingerprint density at radius 1 is 1.33 bits per heavy atom. The van der Waals surface area contributed by atoms with Crippen LogP contribution in [0.4, 0.5) is 8.78 Å². The minimum atomic E-state index is -0.628. The Kier molecular flexibility index (Phi) is 1.61. The molecule has 0 spiro atoms. The van der Waals surface area contributed by atoms with Crippen LogP contribution in [0.2, 0.25) is 0 Å². The number of halogens is 3. The molecule has 12 heavy (non-hydrogen) atoms. The van der Waals surface area contributed by atoms with Gasteiger partial charge in [0.15, 0.2) is 0 Å². The average Bonchev–Trinajstić information content (AvgIpc) is 2.41. The first-order valence-corrected chi connectivity index (χ1v) is 3.97. The van der Waals surface area contributed by atoms with Crippen molar-refractivity contribution < 1.29 is 8.78 Å². The predicted octanol–water partition coefficient (Wildman–Crippen LogP) is 2.60. The molecule has 0 aliphatic heterocycles. The maximum Gasteiger partial charge on any atom is 0.218 e. The van der Waals surface area contributed by atoms with Gasteiger partial charge in [-0.1, -0.05) is 0 Å². The number of nitrogens with zero attached hydrogens (tertiary/aromatic N) is 1. The highest BCUT2D eigenvalue weighted by Gasteiger charge is 2.11. The molecule has 0 aliphatic rings. The van der Waals surface area contributed by atoms with E-state index in [4.69, 9.17) is 0 Å². The molecule has 2 aromatic rings. The van der Waals surface area contributed by atoms with Crippen molar-refractivity contribution in [3.63, 3.8) is 0 Å². The molecule has 1 aromatic heterocycles. The maximum atomic E-state index is 12.9. The van der Waals surface area contributed by atoms with Gasteiger partial charge in [-0.25, -0.2) is 4.39 Å². The second-order valence-electron chi connectivity index (χ2n) is 2.29. The van der Waals surface area contributed by atoms with Crippen LogP contribution < -0.4 is 0 Å². The summed E-state index contributed by atoms with van der Waals surface area (Å²) in [6, 6.07) is 2.64. The zero-order valence-electron chi connectivity index (χ0n) is 5.74. The molecule has 0 aliphatic carbocycles. The van der Waals surface area contributed by atoms with Crippen LogP contribution in [0.3, 0.4) is 0 Å². The van der Waals surface area contributed by atoms with Crippen molar-refractivity contribution in [1.82, 2.24) is 10.2 Å². The van der Waals surface area contributed by atoms with E-state index in [9.17, 15) is 8.78 Å². The van der Waals surface area contributed by atoms with Gasteiger partial charge in [0.05, 0.1) is 15.4 Å². The molecule has 0 unspecified atom stereocenters. The third kappa shape index (κ3) is 0.929. The number of nitrogens with one attached hydrogen (secondary N) is 1. The summed E-state index contributed by atoms with van der Waals surface area (Å²) in [5.74, 6) is -1.13. The van der Waals surface area contributed by atoms with Crippen LogP contribution in [0.15, 0.2) is 16.6 Å². The summed E-state index contributed by atoms with van der Waals surface area (Å²) in [4.78, 5) is 0. The Morgan fingerprint density at radius 3 is 2.83 bits per heavy atom. The highest BCUT2D eigenvalue weighted by Crippen LogP contribution is 2.26. The van der Waals surface area contributed by atoms with Crippen molar-refractivity contribution in [2.45, 2.75) is 0 Å². The van der Waals surface area contributed by atoms with Gasteiger partial charge in [0.25, 0.3) is 0 Å². The standard InChI is InChI=1S/C7H3BrF2N2/c8-6-3(9)1-2-4-5(6)7(10)12-11-4/h1-2H,(H,11,12). The molecule has 62 valence electrons. The molecule has 0 radical (unpaired) electrons. The molecule has 0 bridgehead atoms. The van der Waals surface area contributed by atoms with Gasteiger partial charge in [0.1, 0.15) is 5.82 Å². The zero-order chi connectivity index (χ0) is 8.72. The fourth-order valence-electron chi connectivity index (χ4n) is 1.01. The summed E-state index contributed by atoms with van der Waals surface area (Å²) < 4.78 is 25.8. The van der Waals surface area contributed by atoms with Crippen molar-refractivity contribution in [2.24, 2.45) is 0 Å². The Labute approximate surface area is 74.7 Å². The topological polar surface area (TPSA) is 28.7 Å². The first kappa shape index (κ1) is 7.67. The van der Waals surface area contributed by atoms with E-state index in [1.54, 1.807) is 0 Å². The summed E-state index contributed by atoms with van der Waals surface area (Å²) in [5, 5.41) is 5.90. The summed E-state index contributed by atoms with van der Waals surface area (Å²) >= 11 is 2.94. The minimum Gasteiger partial charge on any atom is -0.252 e. The highest BCUT2D eigenvalue weighted by molar-refractivity contribution is 9.10. The molecular weight excluding hydrogens is 230 g/mol. The Hall–Kier alpha value is -0.970. The van der Waals surface area contributed by atoms with E-state index in [1.807, 2.05) is 0 Å². The summed E-state index contributed by atoms with van der Waals surface area (Å²) in [6.45, 7) is 0. The predicted molar refractivity (Wildman–Crippen MR) is 43.7 cm³/mol. The Bertz CT molecular complexity index is 438. The lowest BCUT2D eigenvalue weighted by Crippen LogP contribution is -1.79. The van der Waals surface area contributed by atoms with Gasteiger partial charge in [0, 0.05) is 0 Å². The first-order valence-electron chi connectivity index (χ1n) is 3.17. The van der Waals surface area contributed by atoms with Gasteiger partial charge < -0.3 is 0 Å². The van der Waals surface area contributed by atoms with Crippen LogP contribution in [0.1, 0.15) is 0 Å². The van der Waals surface area contributed by atoms with Crippen molar-refractivity contribution in [2.75, 3.05) is 0 Å². The van der Waals surface area contributed by atoms with Crippen molar-refractivity contribution in [3.8, 4) is 0 Å². The maximum absolute atomic E-state index is 12.9. The van der Waals surface area contributed by atoms with Crippen LogP contribution in [-0.2, 0) is 0 Å². The normalized spacial score (nSPS) is 10.9. The number of benzene rings is 1. The molecule has 0 saturated heterocycles. The van der Waals surface area contributed by atoms with Gasteiger partial charge in [-0.3, -0.25) is 5.10 Å². The van der Waals surface area contributed by atoms with Crippen molar-refractivity contribution in [1.29, 1.82) is 0 Å². The van der Waals surface area contributed by atoms with E-state index in [1.165, 1.54) is 12.1 Å². The van der Waals surface area contributed by atoms with Gasteiger partial charge in [-0.2, -0.15) is 9.49 Å². The van der Waals surface area contributed by atoms with Crippen molar-refractivity contribution >= 4 is 26.8 Å². The lowest BCUT2D eigenvalue weighted by molar-refractivity contribution is 0.585. The molecule has 5 heteroatoms. The van der Waals surface area contributed by atoms with Gasteiger partial charge in [-0.15, -0.1) is 0 Å². The number of aromatic nitrogens is 2. The summed E-state index contributed by atoms with van der Waals surface area (Å²) in [6.07, 6.45) is 0. The average molecular weight is 233 g/mol. The molecule has 0 fully saturated rings. The zero-order valence-corrected chi connectivity index (χ0v) is 7.32. The molecule has 1 N–H and O–H groups in total. The van der Waals surface area contributed by atoms with E-state index in [0.29, 0.717) is 5.52 Å². The molecule has 0 atom stereocenters. The lowest BCUT2D eigenvalue weighted by atomic mass is 10.2. The van der Waals surface area contributed by atoms with Crippen molar-refractivity contribution in [3.05, 3.63) is 28.4 Å². The largest absolute Gasteiger partial charge is 0.252 e. The number of hydrogen-bond donors (Lipinski definition) is 1. The van der Waals surface area contributed by atoms with E-state index in [2.05, 4.69) is 26.1 Å². The lowest BCUT2D eigenvalue weighted by Gasteiger charge is -1.93. The van der Waals surface area contributed by atoms with Crippen LogP contribution in [0.25, 0.3) is 10.9 Å². The summed E-state index contributed by atoms with van der Waals surface area (Å²) in [5.41, 5.74) is 0.403. The number of fused-ring (bicyclic) bond motifs is 1. The van der Waals surface area contributed by atoms with Crippen LogP contribution >= 0.6 is 15.9 Å². The second-order valence-corrected chi connectivity index (χ2v) is 3.09. The number of hydrogen-bond acceptors (Lipinski definition) is 1. The van der Waals surface area contributed by atoms with E-state index >= 15 is 0 Å². The van der Waals surface area contributed by atoms with Gasteiger partial charge in [-0.05, 0) is 28.1 Å². The molecule has 1 aromatic carbocycles. The molecule has 2 rings (SSSR count). The van der Waals surface area contributed by atoms with Crippen LogP contribution in [0.5, 0.6) is 0 Å². The molecule has 1 heterocycles. The second kappa shape index (κ2) is 2.52. The molecule has 0 saturated carbocycles. The number of H-pyrrole nitrogens is 1. The Morgan fingerprint density at radius 2 is 2.08 bits per heavy atom. The van der Waals surface area contributed by atoms with Crippen LogP contribution in [0, 0.1) is 11.8 Å². The molecular formula is C7H3BrF2N2. The van der Waals surface area contributed by atoms with Crippen LogP contribution in [-0.4, -0.2) is 10.2 Å². The fraction of sp³-hybridized carbons (Fsp3) is 0. The fourth-order valence-corrected chi connectivity index (χ4v) is 1.52. The third-order valence-electron chi connectivity index (χ3n) is 1.57. The smallest absolute Gasteiger partial charge is 0.218 e. The Balaban J connectivity index is 2.96. The van der Waals surface area contributed by atoms with Gasteiger partial charge in [0.2, 0.25) is 5.95 Å². The van der Waals surface area contributed by atoms with E-state index < -0.39 is 11.8 Å². The van der Waals surface area contributed by atoms with E-state index in [0.717, 1.165) is 0 Å². The quantitative estimate of drug-likeness (QED) is 0.744.